The van der Waals surface area contributed by atoms with Crippen LogP contribution < -0.4 is 11.1 Å². The van der Waals surface area contributed by atoms with Crippen molar-refractivity contribution in [2.75, 3.05) is 6.54 Å². The number of aromatic nitrogens is 2. The fraction of sp³-hybridized carbons (Fsp3) is 0.364. The molecule has 0 aliphatic heterocycles. The van der Waals surface area contributed by atoms with Gasteiger partial charge in [0.25, 0.3) is 0 Å². The topological polar surface area (TPSA) is 89.3 Å². The third kappa shape index (κ3) is 3.85. The van der Waals surface area contributed by atoms with Crippen molar-refractivity contribution in [3.05, 3.63) is 34.1 Å². The van der Waals surface area contributed by atoms with Crippen molar-refractivity contribution in [3.8, 4) is 0 Å². The molecular weight excluding hydrogens is 250 g/mol. The summed E-state index contributed by atoms with van der Waals surface area (Å²) >= 11 is 1.73. The summed E-state index contributed by atoms with van der Waals surface area (Å²) in [7, 11) is 0. The summed E-state index contributed by atoms with van der Waals surface area (Å²) < 4.78 is 4.93. The molecule has 0 bridgehead atoms. The van der Waals surface area contributed by atoms with Gasteiger partial charge in [-0.2, -0.15) is 4.98 Å². The molecule has 2 rings (SSSR count). The van der Waals surface area contributed by atoms with Crippen LogP contribution in [0, 0.1) is 6.92 Å². The van der Waals surface area contributed by atoms with Gasteiger partial charge in [-0.15, -0.1) is 11.3 Å². The zero-order valence-electron chi connectivity index (χ0n) is 10.1. The minimum absolute atomic E-state index is 0.304. The van der Waals surface area contributed by atoms with Gasteiger partial charge in [0.05, 0.1) is 0 Å². The molecule has 96 valence electrons. The van der Waals surface area contributed by atoms with Crippen LogP contribution in [-0.4, -0.2) is 22.6 Å². The molecule has 2 heterocycles. The van der Waals surface area contributed by atoms with Gasteiger partial charge in [0.15, 0.2) is 11.8 Å². The number of aryl methyl sites for hydroxylation is 1. The van der Waals surface area contributed by atoms with Crippen LogP contribution in [0.3, 0.4) is 0 Å². The van der Waals surface area contributed by atoms with Crippen LogP contribution in [0.5, 0.6) is 0 Å². The number of rotatable bonds is 5. The number of aliphatic imine (C=N–C) groups is 1. The summed E-state index contributed by atoms with van der Waals surface area (Å²) in [5, 5.41) is 8.78. The predicted molar refractivity (Wildman–Crippen MR) is 70.4 cm³/mol. The minimum Gasteiger partial charge on any atom is -0.370 e. The van der Waals surface area contributed by atoms with E-state index < -0.39 is 0 Å². The quantitative estimate of drug-likeness (QED) is 0.624. The van der Waals surface area contributed by atoms with E-state index in [1.54, 1.807) is 18.3 Å². The third-order valence-electron chi connectivity index (χ3n) is 2.21. The van der Waals surface area contributed by atoms with Gasteiger partial charge in [-0.1, -0.05) is 11.2 Å². The highest BCUT2D eigenvalue weighted by atomic mass is 32.1. The van der Waals surface area contributed by atoms with Crippen molar-refractivity contribution in [1.29, 1.82) is 0 Å². The van der Waals surface area contributed by atoms with Crippen LogP contribution in [0.15, 0.2) is 27.0 Å². The summed E-state index contributed by atoms with van der Waals surface area (Å²) in [5.74, 6) is 1.46. The van der Waals surface area contributed by atoms with Crippen molar-refractivity contribution in [2.45, 2.75) is 19.9 Å². The second kappa shape index (κ2) is 6.15. The molecule has 0 spiro atoms. The zero-order chi connectivity index (χ0) is 12.8. The predicted octanol–water partition coefficient (Wildman–Crippen LogP) is 1.09. The van der Waals surface area contributed by atoms with E-state index in [0.717, 1.165) is 13.0 Å². The molecule has 7 heteroatoms. The maximum atomic E-state index is 5.72. The molecule has 0 aliphatic rings. The maximum Gasteiger partial charge on any atom is 0.248 e. The molecule has 2 aromatic rings. The van der Waals surface area contributed by atoms with Crippen molar-refractivity contribution < 1.29 is 4.52 Å². The smallest absolute Gasteiger partial charge is 0.248 e. The van der Waals surface area contributed by atoms with E-state index in [0.29, 0.717) is 24.2 Å². The number of hydrogen-bond acceptors (Lipinski definition) is 5. The van der Waals surface area contributed by atoms with Crippen LogP contribution in [0.1, 0.15) is 16.6 Å². The molecule has 0 amide bonds. The zero-order valence-corrected chi connectivity index (χ0v) is 10.9. The largest absolute Gasteiger partial charge is 0.370 e. The lowest BCUT2D eigenvalue weighted by Crippen LogP contribution is -2.33. The minimum atomic E-state index is 0.304. The van der Waals surface area contributed by atoms with Crippen molar-refractivity contribution in [2.24, 2.45) is 10.7 Å². The Morgan fingerprint density at radius 3 is 3.17 bits per heavy atom. The first-order valence-electron chi connectivity index (χ1n) is 5.59. The average molecular weight is 265 g/mol. The molecular formula is C11H15N5OS. The van der Waals surface area contributed by atoms with Gasteiger partial charge in [0, 0.05) is 11.4 Å². The highest BCUT2D eigenvalue weighted by molar-refractivity contribution is 7.09. The molecule has 0 aliphatic carbocycles. The number of thiophene rings is 1. The summed E-state index contributed by atoms with van der Waals surface area (Å²) in [4.78, 5) is 9.48. The van der Waals surface area contributed by atoms with E-state index in [1.807, 2.05) is 6.07 Å². The molecule has 0 unspecified atom stereocenters. The lowest BCUT2D eigenvalue weighted by Gasteiger charge is -2.03. The Labute approximate surface area is 109 Å². The van der Waals surface area contributed by atoms with Gasteiger partial charge in [0.1, 0.15) is 6.54 Å². The molecule has 0 atom stereocenters. The lowest BCUT2D eigenvalue weighted by molar-refractivity contribution is 0.376. The van der Waals surface area contributed by atoms with Gasteiger partial charge in [-0.3, -0.25) is 0 Å². The fourth-order valence-corrected chi connectivity index (χ4v) is 2.09. The first kappa shape index (κ1) is 12.6. The van der Waals surface area contributed by atoms with Gasteiger partial charge in [-0.05, 0) is 24.8 Å². The molecule has 2 aromatic heterocycles. The molecule has 0 saturated carbocycles. The number of nitrogens with two attached hydrogens (primary N) is 1. The second-order valence-electron chi connectivity index (χ2n) is 3.69. The summed E-state index contributed by atoms with van der Waals surface area (Å²) in [6.45, 7) is 2.83. The number of hydrogen-bond donors (Lipinski definition) is 2. The molecule has 3 N–H and O–H groups in total. The third-order valence-corrected chi connectivity index (χ3v) is 3.15. The van der Waals surface area contributed by atoms with Crippen molar-refractivity contribution >= 4 is 17.3 Å². The Bertz CT molecular complexity index is 505. The summed E-state index contributed by atoms with van der Waals surface area (Å²) in [6, 6.07) is 4.14. The van der Waals surface area contributed by atoms with Gasteiger partial charge >= 0.3 is 0 Å². The molecule has 0 radical (unpaired) electrons. The molecule has 18 heavy (non-hydrogen) atoms. The highest BCUT2D eigenvalue weighted by Gasteiger charge is 2.01. The highest BCUT2D eigenvalue weighted by Crippen LogP contribution is 2.07. The van der Waals surface area contributed by atoms with E-state index in [9.17, 15) is 0 Å². The van der Waals surface area contributed by atoms with Crippen LogP contribution >= 0.6 is 11.3 Å². The van der Waals surface area contributed by atoms with Gasteiger partial charge < -0.3 is 15.6 Å². The Morgan fingerprint density at radius 1 is 1.61 bits per heavy atom. The normalized spacial score (nSPS) is 11.7. The standard InChI is InChI=1S/C11H15N5OS/c1-8-15-10(17-16-8)7-14-11(12)13-5-4-9-3-2-6-18-9/h2-3,6H,4-5,7H2,1H3,(H3,12,13,14). The van der Waals surface area contributed by atoms with Crippen molar-refractivity contribution in [3.63, 3.8) is 0 Å². The van der Waals surface area contributed by atoms with Crippen LogP contribution in [-0.2, 0) is 13.0 Å². The van der Waals surface area contributed by atoms with E-state index in [2.05, 4.69) is 31.9 Å². The second-order valence-corrected chi connectivity index (χ2v) is 4.73. The number of nitrogens with one attached hydrogen (secondary N) is 1. The SMILES string of the molecule is Cc1noc(CN=C(N)NCCc2cccs2)n1. The number of nitrogens with zero attached hydrogens (tertiary/aromatic N) is 3. The fourth-order valence-electron chi connectivity index (χ4n) is 1.38. The Morgan fingerprint density at radius 2 is 2.50 bits per heavy atom. The lowest BCUT2D eigenvalue weighted by atomic mass is 10.3. The first-order chi connectivity index (χ1) is 8.74. The first-order valence-corrected chi connectivity index (χ1v) is 6.47. The van der Waals surface area contributed by atoms with E-state index >= 15 is 0 Å². The van der Waals surface area contributed by atoms with E-state index in [4.69, 9.17) is 10.3 Å². The van der Waals surface area contributed by atoms with E-state index in [-0.39, 0.29) is 0 Å². The molecule has 0 aromatic carbocycles. The Hall–Kier alpha value is -1.89. The van der Waals surface area contributed by atoms with Crippen molar-refractivity contribution in [1.82, 2.24) is 15.5 Å². The van der Waals surface area contributed by atoms with E-state index in [1.165, 1.54) is 4.88 Å². The number of guanidine groups is 1. The Balaban J connectivity index is 1.72. The molecule has 6 nitrogen and oxygen atoms in total. The summed E-state index contributed by atoms with van der Waals surface area (Å²) in [6.07, 6.45) is 0.938. The summed E-state index contributed by atoms with van der Waals surface area (Å²) in [5.41, 5.74) is 5.72. The molecule has 0 saturated heterocycles. The van der Waals surface area contributed by atoms with Gasteiger partial charge in [0.2, 0.25) is 5.89 Å². The van der Waals surface area contributed by atoms with Crippen LogP contribution in [0.4, 0.5) is 0 Å². The monoisotopic (exact) mass is 265 g/mol. The average Bonchev–Trinajstić information content (AvgIpc) is 2.98. The van der Waals surface area contributed by atoms with Crippen LogP contribution in [0.2, 0.25) is 0 Å². The molecule has 0 fully saturated rings. The Kier molecular flexibility index (Phi) is 4.30. The van der Waals surface area contributed by atoms with Gasteiger partial charge in [-0.25, -0.2) is 4.99 Å². The maximum absolute atomic E-state index is 5.72. The van der Waals surface area contributed by atoms with Crippen LogP contribution in [0.25, 0.3) is 0 Å².